The van der Waals surface area contributed by atoms with Crippen molar-refractivity contribution in [3.63, 3.8) is 0 Å². The Morgan fingerprint density at radius 1 is 1.24 bits per heavy atom. The molecular weight excluding hydrogens is 266 g/mol. The van der Waals surface area contributed by atoms with Crippen molar-refractivity contribution in [2.45, 2.75) is 20.3 Å². The van der Waals surface area contributed by atoms with Crippen molar-refractivity contribution < 1.29 is 9.53 Å². The van der Waals surface area contributed by atoms with Crippen LogP contribution in [0.2, 0.25) is 0 Å². The van der Waals surface area contributed by atoms with Crippen LogP contribution in [0, 0.1) is 0 Å². The van der Waals surface area contributed by atoms with E-state index in [9.17, 15) is 4.79 Å². The SMILES string of the molecule is CCCN(CC)CCNCC(=O)Nc1ccccc1OC. The van der Waals surface area contributed by atoms with Crippen LogP contribution in [0.5, 0.6) is 5.75 Å². The molecule has 118 valence electrons. The molecule has 0 saturated carbocycles. The number of nitrogens with zero attached hydrogens (tertiary/aromatic N) is 1. The maximum absolute atomic E-state index is 11.9. The van der Waals surface area contributed by atoms with E-state index in [2.05, 4.69) is 29.4 Å². The number of likely N-dealkylation sites (N-methyl/N-ethyl adjacent to an activating group) is 1. The predicted octanol–water partition coefficient (Wildman–Crippen LogP) is 1.96. The Kier molecular flexibility index (Phi) is 8.47. The number of para-hydroxylation sites is 2. The molecule has 0 heterocycles. The zero-order valence-electron chi connectivity index (χ0n) is 13.3. The van der Waals surface area contributed by atoms with Gasteiger partial charge in [-0.25, -0.2) is 0 Å². The second-order valence-corrected chi connectivity index (χ2v) is 4.86. The van der Waals surface area contributed by atoms with Crippen molar-refractivity contribution in [3.05, 3.63) is 24.3 Å². The largest absolute Gasteiger partial charge is 0.495 e. The van der Waals surface area contributed by atoms with E-state index < -0.39 is 0 Å². The number of hydrogen-bond donors (Lipinski definition) is 2. The fourth-order valence-corrected chi connectivity index (χ4v) is 2.13. The molecule has 0 radical (unpaired) electrons. The Balaban J connectivity index is 2.28. The van der Waals surface area contributed by atoms with Crippen LogP contribution in [0.3, 0.4) is 0 Å². The number of anilines is 1. The number of benzene rings is 1. The Labute approximate surface area is 127 Å². The molecule has 0 fully saturated rings. The molecule has 0 saturated heterocycles. The topological polar surface area (TPSA) is 53.6 Å². The lowest BCUT2D eigenvalue weighted by molar-refractivity contribution is -0.115. The van der Waals surface area contributed by atoms with Gasteiger partial charge in [0.05, 0.1) is 19.3 Å². The highest BCUT2D eigenvalue weighted by molar-refractivity contribution is 5.93. The first-order valence-electron chi connectivity index (χ1n) is 7.57. The summed E-state index contributed by atoms with van der Waals surface area (Å²) in [5.41, 5.74) is 0.702. The van der Waals surface area contributed by atoms with E-state index in [1.807, 2.05) is 24.3 Å². The van der Waals surface area contributed by atoms with Crippen LogP contribution < -0.4 is 15.4 Å². The maximum Gasteiger partial charge on any atom is 0.238 e. The quantitative estimate of drug-likeness (QED) is 0.648. The Bertz CT molecular complexity index is 424. The van der Waals surface area contributed by atoms with Crippen molar-refractivity contribution in [1.29, 1.82) is 0 Å². The molecule has 0 unspecified atom stereocenters. The molecule has 0 spiro atoms. The van der Waals surface area contributed by atoms with Crippen LogP contribution in [0.25, 0.3) is 0 Å². The predicted molar refractivity (Wildman–Crippen MR) is 86.9 cm³/mol. The van der Waals surface area contributed by atoms with E-state index in [4.69, 9.17) is 4.74 Å². The second kappa shape index (κ2) is 10.2. The molecule has 5 nitrogen and oxygen atoms in total. The molecule has 0 aliphatic rings. The first-order chi connectivity index (χ1) is 10.2. The summed E-state index contributed by atoms with van der Waals surface area (Å²) in [7, 11) is 1.59. The number of carbonyl (C=O) groups is 1. The monoisotopic (exact) mass is 293 g/mol. The van der Waals surface area contributed by atoms with Crippen molar-refractivity contribution >= 4 is 11.6 Å². The summed E-state index contributed by atoms with van der Waals surface area (Å²) < 4.78 is 5.20. The minimum Gasteiger partial charge on any atom is -0.495 e. The zero-order valence-corrected chi connectivity index (χ0v) is 13.3. The van der Waals surface area contributed by atoms with Crippen molar-refractivity contribution in [1.82, 2.24) is 10.2 Å². The van der Waals surface area contributed by atoms with Gasteiger partial charge in [-0.1, -0.05) is 26.0 Å². The Morgan fingerprint density at radius 3 is 2.67 bits per heavy atom. The zero-order chi connectivity index (χ0) is 15.5. The average molecular weight is 293 g/mol. The number of ether oxygens (including phenoxy) is 1. The van der Waals surface area contributed by atoms with Gasteiger partial charge in [0.2, 0.25) is 5.91 Å². The summed E-state index contributed by atoms with van der Waals surface area (Å²) in [6.07, 6.45) is 1.15. The Morgan fingerprint density at radius 2 is 2.00 bits per heavy atom. The molecule has 1 aromatic rings. The van der Waals surface area contributed by atoms with Crippen molar-refractivity contribution in [3.8, 4) is 5.75 Å². The summed E-state index contributed by atoms with van der Waals surface area (Å²) in [6.45, 7) is 8.57. The van der Waals surface area contributed by atoms with Gasteiger partial charge in [-0.05, 0) is 31.6 Å². The molecule has 5 heteroatoms. The van der Waals surface area contributed by atoms with Gasteiger partial charge in [-0.3, -0.25) is 4.79 Å². The Hall–Kier alpha value is -1.59. The highest BCUT2D eigenvalue weighted by Gasteiger charge is 2.06. The van der Waals surface area contributed by atoms with Gasteiger partial charge in [0.25, 0.3) is 0 Å². The molecule has 1 aromatic carbocycles. The van der Waals surface area contributed by atoms with Crippen molar-refractivity contribution in [2.75, 3.05) is 45.2 Å². The van der Waals surface area contributed by atoms with Crippen LogP contribution in [-0.2, 0) is 4.79 Å². The fourth-order valence-electron chi connectivity index (χ4n) is 2.13. The highest BCUT2D eigenvalue weighted by atomic mass is 16.5. The van der Waals surface area contributed by atoms with E-state index in [1.165, 1.54) is 0 Å². The lowest BCUT2D eigenvalue weighted by Gasteiger charge is -2.19. The average Bonchev–Trinajstić information content (AvgIpc) is 2.51. The van der Waals surface area contributed by atoms with Crippen LogP contribution in [0.15, 0.2) is 24.3 Å². The molecule has 21 heavy (non-hydrogen) atoms. The minimum atomic E-state index is -0.0574. The van der Waals surface area contributed by atoms with Gasteiger partial charge < -0.3 is 20.3 Å². The van der Waals surface area contributed by atoms with E-state index in [1.54, 1.807) is 7.11 Å². The molecule has 0 aromatic heterocycles. The van der Waals surface area contributed by atoms with Gasteiger partial charge in [0, 0.05) is 13.1 Å². The van der Waals surface area contributed by atoms with Gasteiger partial charge >= 0.3 is 0 Å². The first-order valence-corrected chi connectivity index (χ1v) is 7.57. The van der Waals surface area contributed by atoms with E-state index in [-0.39, 0.29) is 5.91 Å². The molecular formula is C16H27N3O2. The van der Waals surface area contributed by atoms with Gasteiger partial charge in [0.15, 0.2) is 0 Å². The van der Waals surface area contributed by atoms with Crippen LogP contribution in [0.4, 0.5) is 5.69 Å². The smallest absolute Gasteiger partial charge is 0.238 e. The number of nitrogens with one attached hydrogen (secondary N) is 2. The number of hydrogen-bond acceptors (Lipinski definition) is 4. The summed E-state index contributed by atoms with van der Waals surface area (Å²) >= 11 is 0. The summed E-state index contributed by atoms with van der Waals surface area (Å²) in [5.74, 6) is 0.615. The van der Waals surface area contributed by atoms with Gasteiger partial charge in [-0.15, -0.1) is 0 Å². The summed E-state index contributed by atoms with van der Waals surface area (Å²) in [6, 6.07) is 7.40. The number of rotatable bonds is 10. The maximum atomic E-state index is 11.9. The van der Waals surface area contributed by atoms with E-state index in [0.717, 1.165) is 32.6 Å². The lowest BCUT2D eigenvalue weighted by atomic mass is 10.3. The van der Waals surface area contributed by atoms with Crippen LogP contribution in [0.1, 0.15) is 20.3 Å². The standard InChI is InChI=1S/C16H27N3O2/c1-4-11-19(5-2)12-10-17-13-16(20)18-14-8-6-7-9-15(14)21-3/h6-9,17H,4-5,10-13H2,1-3H3,(H,18,20). The molecule has 2 N–H and O–H groups in total. The molecule has 0 aliphatic carbocycles. The normalized spacial score (nSPS) is 10.7. The molecule has 0 aliphatic heterocycles. The fraction of sp³-hybridized carbons (Fsp3) is 0.562. The second-order valence-electron chi connectivity index (χ2n) is 4.86. The number of carbonyl (C=O) groups excluding carboxylic acids is 1. The minimum absolute atomic E-state index is 0.0574. The summed E-state index contributed by atoms with van der Waals surface area (Å²) in [4.78, 5) is 14.2. The summed E-state index contributed by atoms with van der Waals surface area (Å²) in [5, 5.41) is 6.02. The van der Waals surface area contributed by atoms with Crippen molar-refractivity contribution in [2.24, 2.45) is 0 Å². The lowest BCUT2D eigenvalue weighted by Crippen LogP contribution is -2.36. The number of amides is 1. The molecule has 1 amide bonds. The highest BCUT2D eigenvalue weighted by Crippen LogP contribution is 2.22. The van der Waals surface area contributed by atoms with Crippen LogP contribution in [-0.4, -0.2) is 50.6 Å². The van der Waals surface area contributed by atoms with E-state index in [0.29, 0.717) is 18.0 Å². The molecule has 0 bridgehead atoms. The third kappa shape index (κ3) is 6.60. The van der Waals surface area contributed by atoms with Gasteiger partial charge in [0.1, 0.15) is 5.75 Å². The number of methoxy groups -OCH3 is 1. The van der Waals surface area contributed by atoms with Gasteiger partial charge in [-0.2, -0.15) is 0 Å². The third-order valence-electron chi connectivity index (χ3n) is 3.26. The van der Waals surface area contributed by atoms with E-state index >= 15 is 0 Å². The van der Waals surface area contributed by atoms with Crippen LogP contribution >= 0.6 is 0 Å². The third-order valence-corrected chi connectivity index (χ3v) is 3.26. The molecule has 1 rings (SSSR count). The first kappa shape index (κ1) is 17.5. The molecule has 0 atom stereocenters.